The van der Waals surface area contributed by atoms with E-state index in [2.05, 4.69) is 25.7 Å². The smallest absolute Gasteiger partial charge is 0.191 e. The van der Waals surface area contributed by atoms with E-state index < -0.39 is 0 Å². The van der Waals surface area contributed by atoms with Crippen molar-refractivity contribution in [2.45, 2.75) is 13.0 Å². The summed E-state index contributed by atoms with van der Waals surface area (Å²) in [6.07, 6.45) is 6.21. The van der Waals surface area contributed by atoms with Crippen molar-refractivity contribution in [3.8, 4) is 17.3 Å². The number of hydrogen-bond donors (Lipinski definition) is 2. The van der Waals surface area contributed by atoms with E-state index in [1.165, 1.54) is 0 Å². The van der Waals surface area contributed by atoms with Crippen molar-refractivity contribution in [1.82, 2.24) is 25.4 Å². The van der Waals surface area contributed by atoms with Crippen LogP contribution in [0.4, 0.5) is 0 Å². The topological polar surface area (TPSA) is 85.6 Å². The van der Waals surface area contributed by atoms with Crippen molar-refractivity contribution in [1.29, 1.82) is 0 Å². The van der Waals surface area contributed by atoms with Gasteiger partial charge in [0.25, 0.3) is 0 Å². The number of rotatable bonds is 8. The monoisotopic (exact) mass is 522 g/mol. The van der Waals surface area contributed by atoms with Crippen molar-refractivity contribution in [3.05, 3.63) is 66.1 Å². The third-order valence-corrected chi connectivity index (χ3v) is 4.39. The summed E-state index contributed by atoms with van der Waals surface area (Å²) in [7, 11) is 5.03. The molecule has 0 aliphatic rings. The first-order chi connectivity index (χ1) is 14.2. The summed E-state index contributed by atoms with van der Waals surface area (Å²) in [6.45, 7) is 1.37. The fourth-order valence-corrected chi connectivity index (χ4v) is 2.87. The fraction of sp³-hybridized carbons (Fsp3) is 0.286. The highest BCUT2D eigenvalue weighted by Crippen LogP contribution is 2.27. The van der Waals surface area contributed by atoms with Crippen LogP contribution in [0, 0.1) is 0 Å². The number of hydrogen-bond acceptors (Lipinski definition) is 5. The van der Waals surface area contributed by atoms with Gasteiger partial charge in [-0.25, -0.2) is 9.67 Å². The minimum Gasteiger partial charge on any atom is -0.493 e. The Morgan fingerprint density at radius 2 is 1.87 bits per heavy atom. The van der Waals surface area contributed by atoms with Gasteiger partial charge in [-0.1, -0.05) is 6.07 Å². The van der Waals surface area contributed by atoms with Gasteiger partial charge in [0.15, 0.2) is 23.3 Å². The highest BCUT2D eigenvalue weighted by atomic mass is 127. The van der Waals surface area contributed by atoms with Gasteiger partial charge in [0.2, 0.25) is 0 Å². The Bertz CT molecular complexity index is 946. The Labute approximate surface area is 193 Å². The Kier molecular flexibility index (Phi) is 9.39. The number of pyridine rings is 1. The molecule has 0 fully saturated rings. The first-order valence-electron chi connectivity index (χ1n) is 9.34. The number of methoxy groups -OCH3 is 2. The Hall–Kier alpha value is -2.82. The van der Waals surface area contributed by atoms with Gasteiger partial charge in [-0.05, 0) is 47.9 Å². The second-order valence-electron chi connectivity index (χ2n) is 6.26. The van der Waals surface area contributed by atoms with E-state index in [9.17, 15) is 0 Å². The second kappa shape index (κ2) is 12.0. The third-order valence-electron chi connectivity index (χ3n) is 4.39. The van der Waals surface area contributed by atoms with Crippen LogP contribution in [0.5, 0.6) is 11.5 Å². The fourth-order valence-electron chi connectivity index (χ4n) is 2.87. The van der Waals surface area contributed by atoms with Crippen molar-refractivity contribution < 1.29 is 9.47 Å². The lowest BCUT2D eigenvalue weighted by Gasteiger charge is -2.13. The maximum absolute atomic E-state index is 5.36. The quantitative estimate of drug-likeness (QED) is 0.269. The molecule has 0 atom stereocenters. The van der Waals surface area contributed by atoms with Crippen molar-refractivity contribution >= 4 is 29.9 Å². The minimum absolute atomic E-state index is 0. The summed E-state index contributed by atoms with van der Waals surface area (Å²) >= 11 is 0. The van der Waals surface area contributed by atoms with Gasteiger partial charge in [-0.15, -0.1) is 24.0 Å². The van der Waals surface area contributed by atoms with Gasteiger partial charge < -0.3 is 20.1 Å². The molecule has 0 bridgehead atoms. The zero-order valence-electron chi connectivity index (χ0n) is 17.3. The number of aliphatic imine (C=N–C) groups is 1. The molecule has 0 radical (unpaired) electrons. The van der Waals surface area contributed by atoms with Gasteiger partial charge in [0.05, 0.1) is 14.2 Å². The van der Waals surface area contributed by atoms with Gasteiger partial charge in [-0.2, -0.15) is 5.10 Å². The molecule has 3 rings (SSSR count). The Morgan fingerprint density at radius 1 is 1.03 bits per heavy atom. The molecule has 3 aromatic rings. The zero-order chi connectivity index (χ0) is 20.5. The summed E-state index contributed by atoms with van der Waals surface area (Å²) in [5.74, 6) is 2.99. The van der Waals surface area contributed by atoms with E-state index in [4.69, 9.17) is 9.47 Å². The Balaban J connectivity index is 0.00000320. The average molecular weight is 522 g/mol. The van der Waals surface area contributed by atoms with Gasteiger partial charge in [0, 0.05) is 38.7 Å². The molecule has 2 aromatic heterocycles. The largest absolute Gasteiger partial charge is 0.493 e. The summed E-state index contributed by atoms with van der Waals surface area (Å²) in [6, 6.07) is 11.8. The summed E-state index contributed by atoms with van der Waals surface area (Å²) in [5.41, 5.74) is 2.25. The molecule has 9 heteroatoms. The zero-order valence-corrected chi connectivity index (χ0v) is 19.7. The van der Waals surface area contributed by atoms with Crippen LogP contribution in [0.25, 0.3) is 5.82 Å². The van der Waals surface area contributed by atoms with Gasteiger partial charge in [-0.3, -0.25) is 4.99 Å². The highest BCUT2D eigenvalue weighted by Gasteiger charge is 2.05. The van der Waals surface area contributed by atoms with Crippen LogP contribution in [-0.2, 0) is 13.0 Å². The van der Waals surface area contributed by atoms with Crippen LogP contribution in [0.15, 0.2) is 60.0 Å². The van der Waals surface area contributed by atoms with Crippen LogP contribution in [-0.4, -0.2) is 48.5 Å². The maximum atomic E-state index is 5.36. The van der Waals surface area contributed by atoms with E-state index in [-0.39, 0.29) is 24.0 Å². The molecule has 160 valence electrons. The van der Waals surface area contributed by atoms with Crippen molar-refractivity contribution in [2.24, 2.45) is 4.99 Å². The summed E-state index contributed by atoms with van der Waals surface area (Å²) in [5, 5.41) is 10.9. The van der Waals surface area contributed by atoms with E-state index in [0.29, 0.717) is 6.54 Å². The van der Waals surface area contributed by atoms with Gasteiger partial charge >= 0.3 is 0 Å². The van der Waals surface area contributed by atoms with E-state index in [1.807, 2.05) is 42.6 Å². The van der Waals surface area contributed by atoms with E-state index in [0.717, 1.165) is 47.4 Å². The van der Waals surface area contributed by atoms with Crippen molar-refractivity contribution in [2.75, 3.05) is 27.8 Å². The molecule has 2 heterocycles. The second-order valence-corrected chi connectivity index (χ2v) is 6.26. The summed E-state index contributed by atoms with van der Waals surface area (Å²) in [4.78, 5) is 8.63. The normalized spacial score (nSPS) is 10.8. The molecule has 0 amide bonds. The number of guanidine groups is 1. The molecule has 0 aliphatic heterocycles. The average Bonchev–Trinajstić information content (AvgIpc) is 3.31. The maximum Gasteiger partial charge on any atom is 0.191 e. The Morgan fingerprint density at radius 3 is 2.57 bits per heavy atom. The first kappa shape index (κ1) is 23.5. The van der Waals surface area contributed by atoms with Crippen LogP contribution in [0.3, 0.4) is 0 Å². The molecule has 2 N–H and O–H groups in total. The molecule has 0 saturated carbocycles. The third kappa shape index (κ3) is 6.34. The van der Waals surface area contributed by atoms with Crippen molar-refractivity contribution in [3.63, 3.8) is 0 Å². The number of ether oxygens (including phenoxy) is 2. The predicted octanol–water partition coefficient (Wildman–Crippen LogP) is 2.81. The molecular weight excluding hydrogens is 495 g/mol. The van der Waals surface area contributed by atoms with Crippen LogP contribution >= 0.6 is 24.0 Å². The van der Waals surface area contributed by atoms with Crippen LogP contribution in [0.1, 0.15) is 11.1 Å². The molecule has 30 heavy (non-hydrogen) atoms. The van der Waals surface area contributed by atoms with Crippen LogP contribution < -0.4 is 20.1 Å². The summed E-state index contributed by atoms with van der Waals surface area (Å²) < 4.78 is 12.4. The lowest BCUT2D eigenvalue weighted by molar-refractivity contribution is 0.354. The highest BCUT2D eigenvalue weighted by molar-refractivity contribution is 14.0. The van der Waals surface area contributed by atoms with E-state index in [1.54, 1.807) is 38.3 Å². The SMILES string of the molecule is CN=C(NCCc1ccc(OC)c(OC)c1)NCc1ccnc(-n2cccn2)c1.I. The number of aromatic nitrogens is 3. The van der Waals surface area contributed by atoms with Gasteiger partial charge in [0.1, 0.15) is 0 Å². The molecule has 0 saturated heterocycles. The molecule has 1 aromatic carbocycles. The predicted molar refractivity (Wildman–Crippen MR) is 128 cm³/mol. The molecule has 8 nitrogen and oxygen atoms in total. The number of halogens is 1. The number of benzene rings is 1. The minimum atomic E-state index is 0. The molecule has 0 spiro atoms. The number of nitrogens with one attached hydrogen (secondary N) is 2. The van der Waals surface area contributed by atoms with Crippen LogP contribution in [0.2, 0.25) is 0 Å². The first-order valence-corrected chi connectivity index (χ1v) is 9.34. The van der Waals surface area contributed by atoms with E-state index >= 15 is 0 Å². The molecule has 0 unspecified atom stereocenters. The number of nitrogens with zero attached hydrogens (tertiary/aromatic N) is 4. The molecule has 0 aliphatic carbocycles. The standard InChI is InChI=1S/C21H26N6O2.HI/c1-22-21(24-11-7-16-5-6-18(28-2)19(13-16)29-3)25-15-17-8-10-23-20(14-17)27-12-4-9-26-27;/h4-6,8-10,12-14H,7,11,15H2,1-3H3,(H2,22,24,25);1H. The molecular formula is C21H27IN6O2. The lowest BCUT2D eigenvalue weighted by Crippen LogP contribution is -2.37. The lowest BCUT2D eigenvalue weighted by atomic mass is 10.1.